The van der Waals surface area contributed by atoms with Crippen molar-refractivity contribution in [3.05, 3.63) is 71.8 Å². The van der Waals surface area contributed by atoms with Crippen LogP contribution in [0.15, 0.2) is 60.7 Å². The molecule has 2 unspecified atom stereocenters. The van der Waals surface area contributed by atoms with Crippen LogP contribution < -0.4 is 0 Å². The summed E-state index contributed by atoms with van der Waals surface area (Å²) in [6.45, 7) is 0.329. The zero-order valence-corrected chi connectivity index (χ0v) is 14.7. The summed E-state index contributed by atoms with van der Waals surface area (Å²) in [4.78, 5) is 27.2. The second-order valence-corrected chi connectivity index (χ2v) is 6.50. The monoisotopic (exact) mass is 353 g/mol. The van der Waals surface area contributed by atoms with Crippen molar-refractivity contribution in [1.82, 2.24) is 4.90 Å². The van der Waals surface area contributed by atoms with E-state index in [1.165, 1.54) is 7.11 Å². The summed E-state index contributed by atoms with van der Waals surface area (Å²) in [5.41, 5.74) is 1.75. The molecule has 0 spiro atoms. The molecule has 1 aliphatic heterocycles. The number of amides is 1. The SMILES string of the molecule is COC(=O)C1CC(O)CCN1C(=O)C(c1ccccc1)c1ccccc1. The number of aliphatic hydroxyl groups excluding tert-OH is 1. The zero-order chi connectivity index (χ0) is 18.5. The summed E-state index contributed by atoms with van der Waals surface area (Å²) >= 11 is 0. The molecule has 1 aliphatic rings. The van der Waals surface area contributed by atoms with Crippen LogP contribution in [0, 0.1) is 0 Å². The Kier molecular flexibility index (Phi) is 5.68. The molecule has 2 aromatic carbocycles. The predicted molar refractivity (Wildman–Crippen MR) is 97.5 cm³/mol. The first-order valence-corrected chi connectivity index (χ1v) is 8.78. The lowest BCUT2D eigenvalue weighted by Crippen LogP contribution is -2.53. The van der Waals surface area contributed by atoms with E-state index in [-0.39, 0.29) is 12.3 Å². The molecule has 1 heterocycles. The predicted octanol–water partition coefficient (Wildman–Crippen LogP) is 2.34. The Balaban J connectivity index is 1.98. The maximum atomic E-state index is 13.5. The number of nitrogens with zero attached hydrogens (tertiary/aromatic N) is 1. The maximum Gasteiger partial charge on any atom is 0.328 e. The van der Waals surface area contributed by atoms with Gasteiger partial charge in [0.2, 0.25) is 5.91 Å². The highest BCUT2D eigenvalue weighted by Crippen LogP contribution is 2.30. The van der Waals surface area contributed by atoms with E-state index < -0.39 is 24.0 Å². The highest BCUT2D eigenvalue weighted by atomic mass is 16.5. The Bertz CT molecular complexity index is 708. The van der Waals surface area contributed by atoms with Crippen LogP contribution in [0.3, 0.4) is 0 Å². The number of methoxy groups -OCH3 is 1. The Labute approximate surface area is 153 Å². The minimum Gasteiger partial charge on any atom is -0.467 e. The number of carbonyl (C=O) groups excluding carboxylic acids is 2. The molecule has 136 valence electrons. The van der Waals surface area contributed by atoms with Crippen LogP contribution in [0.5, 0.6) is 0 Å². The van der Waals surface area contributed by atoms with Crippen LogP contribution in [-0.2, 0) is 14.3 Å². The highest BCUT2D eigenvalue weighted by Gasteiger charge is 2.39. The van der Waals surface area contributed by atoms with Gasteiger partial charge in [-0.1, -0.05) is 60.7 Å². The average molecular weight is 353 g/mol. The fraction of sp³-hybridized carbons (Fsp3) is 0.333. The molecular weight excluding hydrogens is 330 g/mol. The van der Waals surface area contributed by atoms with Crippen LogP contribution in [0.4, 0.5) is 0 Å². The van der Waals surface area contributed by atoms with Gasteiger partial charge in [-0.25, -0.2) is 4.79 Å². The average Bonchev–Trinajstić information content (AvgIpc) is 2.69. The molecule has 5 nitrogen and oxygen atoms in total. The minimum absolute atomic E-state index is 0.148. The Morgan fingerprint density at radius 3 is 2.08 bits per heavy atom. The van der Waals surface area contributed by atoms with E-state index in [4.69, 9.17) is 4.74 Å². The second kappa shape index (κ2) is 8.15. The van der Waals surface area contributed by atoms with Crippen molar-refractivity contribution < 1.29 is 19.4 Å². The van der Waals surface area contributed by atoms with Crippen molar-refractivity contribution in [3.63, 3.8) is 0 Å². The van der Waals surface area contributed by atoms with E-state index in [2.05, 4.69) is 0 Å². The first kappa shape index (κ1) is 18.1. The second-order valence-electron chi connectivity index (χ2n) is 6.50. The van der Waals surface area contributed by atoms with Crippen molar-refractivity contribution >= 4 is 11.9 Å². The largest absolute Gasteiger partial charge is 0.467 e. The van der Waals surface area contributed by atoms with Gasteiger partial charge in [-0.3, -0.25) is 4.79 Å². The van der Waals surface area contributed by atoms with Gasteiger partial charge in [0.1, 0.15) is 6.04 Å². The van der Waals surface area contributed by atoms with E-state index in [1.807, 2.05) is 60.7 Å². The standard InChI is InChI=1S/C21H23NO4/c1-26-21(25)18-14-17(23)12-13-22(18)20(24)19(15-8-4-2-5-9-15)16-10-6-3-7-11-16/h2-11,17-19,23H,12-14H2,1H3. The Morgan fingerprint density at radius 2 is 1.58 bits per heavy atom. The molecule has 0 aliphatic carbocycles. The molecular formula is C21H23NO4. The smallest absolute Gasteiger partial charge is 0.328 e. The molecule has 0 radical (unpaired) electrons. The molecule has 1 N–H and O–H groups in total. The summed E-state index contributed by atoms with van der Waals surface area (Å²) in [6, 6.07) is 18.3. The molecule has 26 heavy (non-hydrogen) atoms. The molecule has 1 fully saturated rings. The van der Waals surface area contributed by atoms with Gasteiger partial charge in [0, 0.05) is 13.0 Å². The lowest BCUT2D eigenvalue weighted by atomic mass is 9.88. The number of likely N-dealkylation sites (tertiary alicyclic amines) is 1. The van der Waals surface area contributed by atoms with Crippen molar-refractivity contribution in [2.45, 2.75) is 30.9 Å². The molecule has 2 atom stereocenters. The van der Waals surface area contributed by atoms with Crippen LogP contribution in [-0.4, -0.2) is 47.7 Å². The summed E-state index contributed by atoms with van der Waals surface area (Å²) in [7, 11) is 1.30. The molecule has 5 heteroatoms. The van der Waals surface area contributed by atoms with Gasteiger partial charge in [0.25, 0.3) is 0 Å². The lowest BCUT2D eigenvalue weighted by molar-refractivity contribution is -0.157. The zero-order valence-electron chi connectivity index (χ0n) is 14.7. The number of aliphatic hydroxyl groups is 1. The number of piperidine rings is 1. The number of hydrogen-bond acceptors (Lipinski definition) is 4. The van der Waals surface area contributed by atoms with Crippen LogP contribution in [0.2, 0.25) is 0 Å². The van der Waals surface area contributed by atoms with Crippen LogP contribution in [0.1, 0.15) is 29.9 Å². The van der Waals surface area contributed by atoms with Gasteiger partial charge in [-0.05, 0) is 17.5 Å². The minimum atomic E-state index is -0.758. The first-order chi connectivity index (χ1) is 12.6. The van der Waals surface area contributed by atoms with Crippen LogP contribution in [0.25, 0.3) is 0 Å². The van der Waals surface area contributed by atoms with E-state index in [1.54, 1.807) is 4.90 Å². The van der Waals surface area contributed by atoms with Crippen molar-refractivity contribution in [1.29, 1.82) is 0 Å². The van der Waals surface area contributed by atoms with E-state index >= 15 is 0 Å². The third kappa shape index (κ3) is 3.78. The molecule has 0 saturated carbocycles. The fourth-order valence-corrected chi connectivity index (χ4v) is 3.50. The van der Waals surface area contributed by atoms with Gasteiger partial charge in [-0.15, -0.1) is 0 Å². The molecule has 0 bridgehead atoms. The lowest BCUT2D eigenvalue weighted by Gasteiger charge is -2.38. The highest BCUT2D eigenvalue weighted by molar-refractivity contribution is 5.91. The molecule has 3 rings (SSSR count). The quantitative estimate of drug-likeness (QED) is 0.857. The van der Waals surface area contributed by atoms with Gasteiger partial charge in [-0.2, -0.15) is 0 Å². The normalized spacial score (nSPS) is 20.0. The van der Waals surface area contributed by atoms with Gasteiger partial charge < -0.3 is 14.7 Å². The van der Waals surface area contributed by atoms with Gasteiger partial charge in [0.05, 0.1) is 19.1 Å². The summed E-state index contributed by atoms with van der Waals surface area (Å²) < 4.78 is 4.87. The third-order valence-corrected chi connectivity index (χ3v) is 4.84. The third-order valence-electron chi connectivity index (χ3n) is 4.84. The van der Waals surface area contributed by atoms with Crippen molar-refractivity contribution in [3.8, 4) is 0 Å². The topological polar surface area (TPSA) is 66.8 Å². The van der Waals surface area contributed by atoms with E-state index in [9.17, 15) is 14.7 Å². The van der Waals surface area contributed by atoms with Crippen molar-refractivity contribution in [2.75, 3.05) is 13.7 Å². The number of hydrogen-bond donors (Lipinski definition) is 1. The molecule has 0 aromatic heterocycles. The van der Waals surface area contributed by atoms with E-state index in [0.29, 0.717) is 13.0 Å². The van der Waals surface area contributed by atoms with Gasteiger partial charge in [0.15, 0.2) is 0 Å². The summed E-state index contributed by atoms with van der Waals surface area (Å²) in [5.74, 6) is -1.14. The number of benzene rings is 2. The summed E-state index contributed by atoms with van der Waals surface area (Å²) in [6.07, 6.45) is 0.0552. The Morgan fingerprint density at radius 1 is 1.04 bits per heavy atom. The summed E-state index contributed by atoms with van der Waals surface area (Å²) in [5, 5.41) is 9.95. The van der Waals surface area contributed by atoms with Gasteiger partial charge >= 0.3 is 5.97 Å². The van der Waals surface area contributed by atoms with Crippen LogP contribution >= 0.6 is 0 Å². The number of carbonyl (C=O) groups is 2. The fourth-order valence-electron chi connectivity index (χ4n) is 3.50. The first-order valence-electron chi connectivity index (χ1n) is 8.78. The van der Waals surface area contributed by atoms with E-state index in [0.717, 1.165) is 11.1 Å². The maximum absolute atomic E-state index is 13.5. The van der Waals surface area contributed by atoms with Crippen molar-refractivity contribution in [2.24, 2.45) is 0 Å². The number of ether oxygens (including phenoxy) is 1. The molecule has 1 saturated heterocycles. The number of esters is 1. The Hall–Kier alpha value is -2.66. The number of rotatable bonds is 4. The molecule has 1 amide bonds. The molecule has 2 aromatic rings.